The van der Waals surface area contributed by atoms with Gasteiger partial charge in [0.25, 0.3) is 0 Å². The van der Waals surface area contributed by atoms with Crippen LogP contribution in [0.25, 0.3) is 0 Å². The van der Waals surface area contributed by atoms with E-state index in [2.05, 4.69) is 15.6 Å². The molecule has 0 saturated heterocycles. The molecule has 1 aliphatic carbocycles. The summed E-state index contributed by atoms with van der Waals surface area (Å²) in [7, 11) is 0. The van der Waals surface area contributed by atoms with Crippen molar-refractivity contribution in [3.63, 3.8) is 0 Å². The van der Waals surface area contributed by atoms with Gasteiger partial charge in [-0.15, -0.1) is 0 Å². The summed E-state index contributed by atoms with van der Waals surface area (Å²) < 4.78 is 0. The van der Waals surface area contributed by atoms with Crippen molar-refractivity contribution in [1.29, 1.82) is 0 Å². The fraction of sp³-hybridized carbons (Fsp3) is 0.400. The molecule has 0 bridgehead atoms. The summed E-state index contributed by atoms with van der Waals surface area (Å²) in [5.74, 6) is 0.808. The van der Waals surface area contributed by atoms with E-state index in [4.69, 9.17) is 12.2 Å². The van der Waals surface area contributed by atoms with Gasteiger partial charge in [0.05, 0.1) is 0 Å². The van der Waals surface area contributed by atoms with Crippen molar-refractivity contribution in [2.45, 2.75) is 25.8 Å². The Labute approximate surface area is 88.9 Å². The van der Waals surface area contributed by atoms with Gasteiger partial charge in [-0.25, -0.2) is 4.98 Å². The Morgan fingerprint density at radius 3 is 2.93 bits per heavy atom. The van der Waals surface area contributed by atoms with Gasteiger partial charge in [0, 0.05) is 11.7 Å². The van der Waals surface area contributed by atoms with Gasteiger partial charge in [0.2, 0.25) is 0 Å². The van der Waals surface area contributed by atoms with Crippen LogP contribution in [0.3, 0.4) is 0 Å². The summed E-state index contributed by atoms with van der Waals surface area (Å²) >= 11 is 5.13. The predicted octanol–water partition coefficient (Wildman–Crippen LogP) is 1.84. The number of nitrogens with one attached hydrogen (secondary N) is 2. The van der Waals surface area contributed by atoms with Gasteiger partial charge in [-0.2, -0.15) is 0 Å². The lowest BCUT2D eigenvalue weighted by Crippen LogP contribution is -2.30. The maximum atomic E-state index is 5.13. The number of anilines is 1. The number of nitrogens with zero attached hydrogens (tertiary/aromatic N) is 1. The zero-order valence-electron chi connectivity index (χ0n) is 8.08. The fourth-order valence-corrected chi connectivity index (χ4v) is 1.45. The summed E-state index contributed by atoms with van der Waals surface area (Å²) in [5.41, 5.74) is 0.990. The minimum atomic E-state index is 0.583. The number of pyridine rings is 1. The predicted molar refractivity (Wildman–Crippen MR) is 61.4 cm³/mol. The van der Waals surface area contributed by atoms with Crippen molar-refractivity contribution < 1.29 is 0 Å². The monoisotopic (exact) mass is 207 g/mol. The summed E-state index contributed by atoms with van der Waals surface area (Å²) in [6.45, 7) is 1.96. The minimum Gasteiger partial charge on any atom is -0.360 e. The van der Waals surface area contributed by atoms with E-state index in [9.17, 15) is 0 Å². The number of aryl methyl sites for hydroxylation is 1. The van der Waals surface area contributed by atoms with Gasteiger partial charge >= 0.3 is 0 Å². The van der Waals surface area contributed by atoms with Gasteiger partial charge < -0.3 is 10.6 Å². The van der Waals surface area contributed by atoms with Crippen molar-refractivity contribution in [3.05, 3.63) is 23.9 Å². The summed E-state index contributed by atoms with van der Waals surface area (Å²) in [6, 6.07) is 6.42. The first kappa shape index (κ1) is 9.40. The van der Waals surface area contributed by atoms with Crippen molar-refractivity contribution in [1.82, 2.24) is 10.3 Å². The minimum absolute atomic E-state index is 0.583. The van der Waals surface area contributed by atoms with Crippen LogP contribution in [0.1, 0.15) is 18.5 Å². The van der Waals surface area contributed by atoms with Gasteiger partial charge in [0.15, 0.2) is 5.11 Å². The summed E-state index contributed by atoms with van der Waals surface area (Å²) in [5, 5.41) is 6.94. The highest BCUT2D eigenvalue weighted by atomic mass is 32.1. The van der Waals surface area contributed by atoms with Crippen molar-refractivity contribution in [2.75, 3.05) is 5.32 Å². The Hall–Kier alpha value is -1.16. The first-order chi connectivity index (χ1) is 6.74. The molecule has 0 unspecified atom stereocenters. The van der Waals surface area contributed by atoms with Crippen LogP contribution in [-0.2, 0) is 0 Å². The number of aromatic nitrogens is 1. The molecule has 0 radical (unpaired) electrons. The molecule has 0 aromatic carbocycles. The maximum Gasteiger partial charge on any atom is 0.172 e. The molecule has 14 heavy (non-hydrogen) atoms. The first-order valence-corrected chi connectivity index (χ1v) is 5.16. The molecule has 0 aliphatic heterocycles. The van der Waals surface area contributed by atoms with E-state index < -0.39 is 0 Å². The second kappa shape index (κ2) is 3.92. The Morgan fingerprint density at radius 2 is 2.29 bits per heavy atom. The third-order valence-corrected chi connectivity index (χ3v) is 2.26. The molecule has 2 N–H and O–H groups in total. The Morgan fingerprint density at radius 1 is 1.50 bits per heavy atom. The van der Waals surface area contributed by atoms with Crippen LogP contribution in [0.2, 0.25) is 0 Å². The average Bonchev–Trinajstić information content (AvgIpc) is 2.87. The Bertz CT molecular complexity index is 347. The van der Waals surface area contributed by atoms with Crippen LogP contribution in [-0.4, -0.2) is 16.1 Å². The largest absolute Gasteiger partial charge is 0.360 e. The van der Waals surface area contributed by atoms with Crippen LogP contribution in [0.15, 0.2) is 18.2 Å². The quantitative estimate of drug-likeness (QED) is 0.726. The van der Waals surface area contributed by atoms with E-state index >= 15 is 0 Å². The van der Waals surface area contributed by atoms with Crippen molar-refractivity contribution in [2.24, 2.45) is 0 Å². The van der Waals surface area contributed by atoms with E-state index in [-0.39, 0.29) is 0 Å². The normalized spacial score (nSPS) is 14.9. The molecule has 3 nitrogen and oxygen atoms in total. The lowest BCUT2D eigenvalue weighted by molar-refractivity contribution is 0.918. The lowest BCUT2D eigenvalue weighted by Gasteiger charge is -2.08. The van der Waals surface area contributed by atoms with Crippen LogP contribution in [0.4, 0.5) is 5.82 Å². The van der Waals surface area contributed by atoms with E-state index in [0.717, 1.165) is 11.5 Å². The third kappa shape index (κ3) is 2.67. The van der Waals surface area contributed by atoms with E-state index in [1.54, 1.807) is 0 Å². The molecule has 2 rings (SSSR count). The average molecular weight is 207 g/mol. The standard InChI is InChI=1S/C10H13N3S/c1-7-3-2-4-9(11-7)13-10(14)12-8-5-6-8/h2-4,8H,5-6H2,1H3,(H2,11,12,13,14). The highest BCUT2D eigenvalue weighted by Crippen LogP contribution is 2.18. The number of hydrogen-bond donors (Lipinski definition) is 2. The van der Waals surface area contributed by atoms with Crippen LogP contribution in [0.5, 0.6) is 0 Å². The molecule has 0 spiro atoms. The van der Waals surface area contributed by atoms with Crippen LogP contribution in [0, 0.1) is 6.92 Å². The molecule has 74 valence electrons. The van der Waals surface area contributed by atoms with Crippen LogP contribution >= 0.6 is 12.2 Å². The number of thiocarbonyl (C=S) groups is 1. The van der Waals surface area contributed by atoms with Gasteiger partial charge in [-0.1, -0.05) is 6.07 Å². The van der Waals surface area contributed by atoms with Gasteiger partial charge in [-0.3, -0.25) is 0 Å². The molecule has 1 fully saturated rings. The number of rotatable bonds is 2. The van der Waals surface area contributed by atoms with E-state index in [1.807, 2.05) is 25.1 Å². The van der Waals surface area contributed by atoms with Crippen LogP contribution < -0.4 is 10.6 Å². The molecule has 1 aromatic rings. The summed E-state index contributed by atoms with van der Waals surface area (Å²) in [4.78, 5) is 4.30. The molecule has 0 atom stereocenters. The second-order valence-corrected chi connectivity index (χ2v) is 3.95. The van der Waals surface area contributed by atoms with Gasteiger partial charge in [0.1, 0.15) is 5.82 Å². The summed E-state index contributed by atoms with van der Waals surface area (Å²) in [6.07, 6.45) is 2.45. The molecular formula is C10H13N3S. The molecule has 0 amide bonds. The smallest absolute Gasteiger partial charge is 0.172 e. The fourth-order valence-electron chi connectivity index (χ4n) is 1.18. The van der Waals surface area contributed by atoms with Gasteiger partial charge in [-0.05, 0) is 44.1 Å². The highest BCUT2D eigenvalue weighted by Gasteiger charge is 2.21. The Kier molecular flexibility index (Phi) is 2.63. The highest BCUT2D eigenvalue weighted by molar-refractivity contribution is 7.80. The molecular weight excluding hydrogens is 194 g/mol. The van der Waals surface area contributed by atoms with Crippen molar-refractivity contribution >= 4 is 23.1 Å². The second-order valence-electron chi connectivity index (χ2n) is 3.54. The zero-order chi connectivity index (χ0) is 9.97. The maximum absolute atomic E-state index is 5.13. The van der Waals surface area contributed by atoms with Crippen molar-refractivity contribution in [3.8, 4) is 0 Å². The SMILES string of the molecule is Cc1cccc(NC(=S)NC2CC2)n1. The third-order valence-electron chi connectivity index (χ3n) is 2.04. The topological polar surface area (TPSA) is 37.0 Å². The molecule has 1 heterocycles. The van der Waals surface area contributed by atoms with E-state index in [0.29, 0.717) is 11.2 Å². The zero-order valence-corrected chi connectivity index (χ0v) is 8.90. The first-order valence-electron chi connectivity index (χ1n) is 4.75. The molecule has 4 heteroatoms. The Balaban J connectivity index is 1.92. The molecule has 1 aromatic heterocycles. The molecule has 1 aliphatic rings. The number of hydrogen-bond acceptors (Lipinski definition) is 2. The lowest BCUT2D eigenvalue weighted by atomic mass is 10.4. The van der Waals surface area contributed by atoms with E-state index in [1.165, 1.54) is 12.8 Å². The molecule has 1 saturated carbocycles.